The molecule has 7 heteroatoms. The molecule has 0 spiro atoms. The number of fused-ring (bicyclic) bond motifs is 3. The zero-order chi connectivity index (χ0) is 36.3. The average Bonchev–Trinajstić information content (AvgIpc) is 3.71. The van der Waals surface area contributed by atoms with Crippen LogP contribution < -0.4 is 9.30 Å². The summed E-state index contributed by atoms with van der Waals surface area (Å²) < 4.78 is 29.6. The van der Waals surface area contributed by atoms with Gasteiger partial charge in [0.1, 0.15) is 5.82 Å². The smallest absolute Gasteiger partial charge is 0.267 e. The summed E-state index contributed by atoms with van der Waals surface area (Å²) in [6.45, 7) is 16.7. The van der Waals surface area contributed by atoms with Crippen LogP contribution in [0.25, 0.3) is 39.0 Å². The molecule has 0 aliphatic carbocycles. The first-order valence-corrected chi connectivity index (χ1v) is 16.8. The Labute approximate surface area is 312 Å². The molecule has 7 rings (SSSR count). The van der Waals surface area contributed by atoms with Gasteiger partial charge < -0.3 is 18.9 Å². The zero-order valence-electron chi connectivity index (χ0n) is 31.8. The predicted molar refractivity (Wildman–Crippen MR) is 196 cm³/mol. The summed E-state index contributed by atoms with van der Waals surface area (Å²) in [6, 6.07) is 31.2. The third-order valence-corrected chi connectivity index (χ3v) is 8.51. The molecule has 6 nitrogen and oxygen atoms in total. The van der Waals surface area contributed by atoms with Gasteiger partial charge >= 0.3 is 0 Å². The average molecular weight is 843 g/mol. The molecule has 0 fully saturated rings. The fourth-order valence-electron chi connectivity index (χ4n) is 6.08. The zero-order valence-corrected chi connectivity index (χ0v) is 32.0. The molecule has 3 aromatic carbocycles. The topological polar surface area (TPSA) is 48.8 Å². The molecule has 0 aliphatic heterocycles. The molecule has 258 valence electrons. The standard InChI is InChI=1S/C43H43N5O.Pt/c1-29(2)22-30-12-11-13-32(23-30)46-20-21-47(28-46)33-25-39(41(45-27-33)43(6,7)8)49-34-16-17-36-35-14-9-10-15-37(35)48(38(36)26-34)40-24-31(18-19-44-40)42(3,4)5;/h9-21,23-24,27,29H,22H2,1-8H3;/q-2;/i22D2;. The van der Waals surface area contributed by atoms with Gasteiger partial charge in [0.25, 0.3) is 6.33 Å². The Hall–Kier alpha value is -4.54. The summed E-state index contributed by atoms with van der Waals surface area (Å²) in [5, 5.41) is 2.18. The largest absolute Gasteiger partial charge is 0.508 e. The molecule has 0 saturated carbocycles. The molecule has 4 heterocycles. The second-order valence-corrected chi connectivity index (χ2v) is 14.9. The molecule has 0 amide bonds. The van der Waals surface area contributed by atoms with Gasteiger partial charge in [-0.2, -0.15) is 6.07 Å². The molecule has 4 aromatic heterocycles. The number of aromatic nitrogens is 5. The molecule has 0 radical (unpaired) electrons. The number of nitrogens with zero attached hydrogens (tertiary/aromatic N) is 5. The van der Waals surface area contributed by atoms with Crippen molar-refractivity contribution in [2.24, 2.45) is 5.92 Å². The van der Waals surface area contributed by atoms with E-state index in [9.17, 15) is 0 Å². The van der Waals surface area contributed by atoms with E-state index in [4.69, 9.17) is 17.4 Å². The van der Waals surface area contributed by atoms with E-state index in [0.717, 1.165) is 39.0 Å². The number of rotatable bonds is 7. The number of imidazole rings is 1. The number of hydrogen-bond acceptors (Lipinski definition) is 3. The Morgan fingerprint density at radius 2 is 1.68 bits per heavy atom. The Bertz CT molecular complexity index is 2400. The van der Waals surface area contributed by atoms with Crippen LogP contribution in [0, 0.1) is 24.4 Å². The number of pyridine rings is 2. The van der Waals surface area contributed by atoms with Crippen LogP contribution in [-0.4, -0.2) is 19.1 Å². The van der Waals surface area contributed by atoms with Crippen LogP contribution in [0.4, 0.5) is 0 Å². The van der Waals surface area contributed by atoms with E-state index in [-0.39, 0.29) is 37.8 Å². The number of ether oxygens (including phenoxy) is 1. The van der Waals surface area contributed by atoms with Gasteiger partial charge in [0, 0.05) is 59.4 Å². The van der Waals surface area contributed by atoms with Crippen molar-refractivity contribution in [3.63, 3.8) is 0 Å². The molecule has 0 aliphatic rings. The Morgan fingerprint density at radius 3 is 2.44 bits per heavy atom. The Morgan fingerprint density at radius 1 is 0.880 bits per heavy atom. The van der Waals surface area contributed by atoms with Crippen molar-refractivity contribution in [2.75, 3.05) is 0 Å². The van der Waals surface area contributed by atoms with Gasteiger partial charge in [-0.25, -0.2) is 4.98 Å². The molecular formula is C43H43N5OPt-2. The van der Waals surface area contributed by atoms with Crippen LogP contribution >= 0.6 is 0 Å². The van der Waals surface area contributed by atoms with Gasteiger partial charge in [0.15, 0.2) is 0 Å². The fraction of sp³-hybridized carbons (Fsp3) is 0.279. The predicted octanol–water partition coefficient (Wildman–Crippen LogP) is 9.62. The Kier molecular flexibility index (Phi) is 8.91. The third-order valence-electron chi connectivity index (χ3n) is 8.51. The van der Waals surface area contributed by atoms with E-state index in [0.29, 0.717) is 22.7 Å². The first kappa shape index (κ1) is 32.7. The van der Waals surface area contributed by atoms with Gasteiger partial charge in [0.2, 0.25) is 0 Å². The fourth-order valence-corrected chi connectivity index (χ4v) is 6.08. The van der Waals surface area contributed by atoms with Gasteiger partial charge in [0.05, 0.1) is 5.69 Å². The van der Waals surface area contributed by atoms with Crippen molar-refractivity contribution in [1.82, 2.24) is 19.1 Å². The minimum absolute atomic E-state index is 0. The van der Waals surface area contributed by atoms with E-state index in [1.54, 1.807) is 6.20 Å². The van der Waals surface area contributed by atoms with Crippen molar-refractivity contribution >= 4 is 21.8 Å². The summed E-state index contributed by atoms with van der Waals surface area (Å²) in [5.41, 5.74) is 5.63. The summed E-state index contributed by atoms with van der Waals surface area (Å²) in [5.74, 6) is 1.72. The number of hydrogen-bond donors (Lipinski definition) is 0. The molecular weight excluding hydrogens is 798 g/mol. The summed E-state index contributed by atoms with van der Waals surface area (Å²) in [6.07, 6.45) is 9.32. The van der Waals surface area contributed by atoms with Crippen molar-refractivity contribution in [3.8, 4) is 28.7 Å². The van der Waals surface area contributed by atoms with Crippen molar-refractivity contribution < 1.29 is 33.1 Å². The normalized spacial score (nSPS) is 13.0. The van der Waals surface area contributed by atoms with Crippen LogP contribution in [0.2, 0.25) is 0 Å². The summed E-state index contributed by atoms with van der Waals surface area (Å²) >= 11 is 0. The van der Waals surface area contributed by atoms with E-state index < -0.39 is 6.37 Å². The number of para-hydroxylation sites is 1. The monoisotopic (exact) mass is 842 g/mol. The molecule has 7 aromatic rings. The molecule has 0 unspecified atom stereocenters. The van der Waals surface area contributed by atoms with Crippen LogP contribution in [0.15, 0.2) is 97.6 Å². The first-order valence-electron chi connectivity index (χ1n) is 17.8. The van der Waals surface area contributed by atoms with E-state index in [1.807, 2.05) is 78.0 Å². The van der Waals surface area contributed by atoms with Crippen LogP contribution in [-0.2, 0) is 38.3 Å². The van der Waals surface area contributed by atoms with E-state index in [2.05, 4.69) is 101 Å². The van der Waals surface area contributed by atoms with E-state index in [1.165, 1.54) is 5.56 Å². The summed E-state index contributed by atoms with van der Waals surface area (Å²) in [4.78, 5) is 9.69. The van der Waals surface area contributed by atoms with Crippen molar-refractivity contribution in [1.29, 1.82) is 0 Å². The second-order valence-electron chi connectivity index (χ2n) is 14.9. The van der Waals surface area contributed by atoms with Crippen LogP contribution in [0.3, 0.4) is 0 Å². The van der Waals surface area contributed by atoms with E-state index >= 15 is 0 Å². The molecule has 0 saturated heterocycles. The van der Waals surface area contributed by atoms with Gasteiger partial charge in [-0.3, -0.25) is 4.57 Å². The molecule has 0 bridgehead atoms. The molecule has 0 atom stereocenters. The van der Waals surface area contributed by atoms with Crippen LogP contribution in [0.5, 0.6) is 11.5 Å². The maximum absolute atomic E-state index is 8.57. The third kappa shape index (κ3) is 7.04. The summed E-state index contributed by atoms with van der Waals surface area (Å²) in [7, 11) is 0. The van der Waals surface area contributed by atoms with Crippen molar-refractivity contribution in [3.05, 3.63) is 133 Å². The number of benzene rings is 3. The molecule has 50 heavy (non-hydrogen) atoms. The van der Waals surface area contributed by atoms with Gasteiger partial charge in [-0.1, -0.05) is 103 Å². The molecule has 0 N–H and O–H groups in total. The second kappa shape index (κ2) is 13.6. The van der Waals surface area contributed by atoms with Crippen LogP contribution in [0.1, 0.15) is 75.0 Å². The van der Waals surface area contributed by atoms with Crippen molar-refractivity contribution in [2.45, 2.75) is 72.6 Å². The first-order chi connectivity index (χ1) is 24.1. The maximum Gasteiger partial charge on any atom is 0.267 e. The SMILES string of the molecule is [2H]C([2H])(c1cccc(-[n+]2[c-]n(-c3[c-]c(Oc4[c-]c5c(cc4)c4ccccc4n5-c4cc(C(C)(C)C)ccn4)c(C(C)(C)C)nc3)cc2)c1)C(C)C.[Pt]. The van der Waals surface area contributed by atoms with Gasteiger partial charge in [-0.15, -0.1) is 23.6 Å². The minimum Gasteiger partial charge on any atom is -0.508 e. The Balaban J connectivity index is 0.00000464. The maximum atomic E-state index is 8.57. The minimum atomic E-state index is -1.45. The van der Waals surface area contributed by atoms with Gasteiger partial charge in [-0.05, 0) is 75.8 Å². The quantitative estimate of drug-likeness (QED) is 0.119.